The molecule has 0 unspecified atom stereocenters. The van der Waals surface area contributed by atoms with Crippen molar-refractivity contribution in [2.24, 2.45) is 0 Å². The molecule has 0 aliphatic carbocycles. The van der Waals surface area contributed by atoms with Crippen molar-refractivity contribution in [2.45, 2.75) is 51.2 Å². The molecule has 1 N–H and O–H groups in total. The third-order valence-electron chi connectivity index (χ3n) is 10.0. The standard InChI is InChI=1S/C42H43ClN4O/c1-42(24-27-45(28-25-42)31-34-10-5-6-13-38(34)33-18-22-36(43)23-19-33)35-20-16-32(17-21-35)30-47-40-15-8-7-14-39(40)46(41(47)44)26-9-29-48-37-11-3-2-4-12-37/h2-8,10-23,44H,9,24-31H2,1H3. The van der Waals surface area contributed by atoms with Gasteiger partial charge in [-0.25, -0.2) is 0 Å². The highest BCUT2D eigenvalue weighted by molar-refractivity contribution is 6.30. The molecule has 0 radical (unpaired) electrons. The fourth-order valence-corrected chi connectivity index (χ4v) is 7.23. The van der Waals surface area contributed by atoms with Gasteiger partial charge in [-0.15, -0.1) is 0 Å². The van der Waals surface area contributed by atoms with Crippen LogP contribution in [0, 0.1) is 5.41 Å². The van der Waals surface area contributed by atoms with Crippen molar-refractivity contribution < 1.29 is 4.74 Å². The van der Waals surface area contributed by atoms with Crippen LogP contribution in [0.2, 0.25) is 5.02 Å². The van der Waals surface area contributed by atoms with Crippen LogP contribution in [0.5, 0.6) is 5.75 Å². The highest BCUT2D eigenvalue weighted by Gasteiger charge is 2.32. The lowest BCUT2D eigenvalue weighted by Gasteiger charge is -2.40. The third-order valence-corrected chi connectivity index (χ3v) is 10.3. The number of piperidine rings is 1. The van der Waals surface area contributed by atoms with Gasteiger partial charge in [0.05, 0.1) is 24.2 Å². The second kappa shape index (κ2) is 14.3. The van der Waals surface area contributed by atoms with Gasteiger partial charge in [0, 0.05) is 18.1 Å². The van der Waals surface area contributed by atoms with Gasteiger partial charge in [0.2, 0.25) is 5.62 Å². The number of aryl methyl sites for hydroxylation is 1. The van der Waals surface area contributed by atoms with Gasteiger partial charge in [0.1, 0.15) is 5.75 Å². The lowest BCUT2D eigenvalue weighted by molar-refractivity contribution is 0.162. The van der Waals surface area contributed by atoms with E-state index in [1.807, 2.05) is 42.5 Å². The first-order chi connectivity index (χ1) is 23.5. The number of fused-ring (bicyclic) bond motifs is 1. The molecule has 1 aliphatic heterocycles. The summed E-state index contributed by atoms with van der Waals surface area (Å²) in [5.74, 6) is 0.884. The van der Waals surface area contributed by atoms with Crippen molar-refractivity contribution in [1.29, 1.82) is 5.41 Å². The predicted molar refractivity (Wildman–Crippen MR) is 197 cm³/mol. The minimum Gasteiger partial charge on any atom is -0.494 e. The Morgan fingerprint density at radius 2 is 1.35 bits per heavy atom. The number of nitrogens with one attached hydrogen (secondary N) is 1. The molecule has 0 amide bonds. The maximum atomic E-state index is 9.10. The monoisotopic (exact) mass is 654 g/mol. The number of imidazole rings is 1. The molecule has 5 aromatic carbocycles. The van der Waals surface area contributed by atoms with Crippen LogP contribution in [0.15, 0.2) is 127 Å². The molecule has 244 valence electrons. The molecular weight excluding hydrogens is 612 g/mol. The number of aromatic nitrogens is 2. The van der Waals surface area contributed by atoms with E-state index in [-0.39, 0.29) is 5.41 Å². The Morgan fingerprint density at radius 3 is 2.08 bits per heavy atom. The molecule has 7 rings (SSSR count). The maximum absolute atomic E-state index is 9.10. The number of para-hydroxylation sites is 3. The van der Waals surface area contributed by atoms with E-state index < -0.39 is 0 Å². The van der Waals surface area contributed by atoms with Gasteiger partial charge in [-0.2, -0.15) is 0 Å². The Labute approximate surface area is 288 Å². The number of ether oxygens (including phenoxy) is 1. The molecule has 1 saturated heterocycles. The molecule has 6 heteroatoms. The normalized spacial score (nSPS) is 14.7. The van der Waals surface area contributed by atoms with Gasteiger partial charge in [0.25, 0.3) is 0 Å². The Balaban J connectivity index is 0.994. The van der Waals surface area contributed by atoms with Gasteiger partial charge in [-0.3, -0.25) is 10.3 Å². The average Bonchev–Trinajstić information content (AvgIpc) is 3.38. The number of rotatable bonds is 11. The molecule has 0 spiro atoms. The quantitative estimate of drug-likeness (QED) is 0.142. The zero-order valence-corrected chi connectivity index (χ0v) is 28.4. The highest BCUT2D eigenvalue weighted by Crippen LogP contribution is 2.36. The van der Waals surface area contributed by atoms with Crippen LogP contribution >= 0.6 is 11.6 Å². The van der Waals surface area contributed by atoms with E-state index in [1.54, 1.807) is 0 Å². The summed E-state index contributed by atoms with van der Waals surface area (Å²) in [5, 5.41) is 9.87. The molecule has 1 aromatic heterocycles. The zero-order valence-electron chi connectivity index (χ0n) is 27.6. The van der Waals surface area contributed by atoms with Crippen LogP contribution in [-0.4, -0.2) is 33.7 Å². The summed E-state index contributed by atoms with van der Waals surface area (Å²) in [5.41, 5.74) is 9.34. The van der Waals surface area contributed by atoms with Gasteiger partial charge in [0.15, 0.2) is 0 Å². The van der Waals surface area contributed by atoms with Crippen molar-refractivity contribution in [2.75, 3.05) is 19.7 Å². The van der Waals surface area contributed by atoms with Crippen molar-refractivity contribution in [3.05, 3.63) is 155 Å². The molecule has 1 fully saturated rings. The molecule has 2 heterocycles. The van der Waals surface area contributed by atoms with E-state index in [2.05, 4.69) is 106 Å². The summed E-state index contributed by atoms with van der Waals surface area (Å²) in [6.07, 6.45) is 3.09. The second-order valence-corrected chi connectivity index (χ2v) is 13.7. The Morgan fingerprint density at radius 1 is 0.708 bits per heavy atom. The molecule has 1 aliphatic rings. The number of hydrogen-bond acceptors (Lipinski definition) is 3. The van der Waals surface area contributed by atoms with E-state index >= 15 is 0 Å². The van der Waals surface area contributed by atoms with Crippen LogP contribution in [0.1, 0.15) is 42.9 Å². The SMILES string of the molecule is CC1(c2ccc(Cn3c(=N)n(CCCOc4ccccc4)c4ccccc43)cc2)CCN(Cc2ccccc2-c2ccc(Cl)cc2)CC1. The van der Waals surface area contributed by atoms with Crippen molar-refractivity contribution in [3.8, 4) is 16.9 Å². The lowest BCUT2D eigenvalue weighted by atomic mass is 9.74. The molecule has 48 heavy (non-hydrogen) atoms. The number of halogens is 1. The maximum Gasteiger partial charge on any atom is 0.203 e. The smallest absolute Gasteiger partial charge is 0.203 e. The van der Waals surface area contributed by atoms with E-state index in [4.69, 9.17) is 21.7 Å². The Hall–Kier alpha value is -4.58. The number of likely N-dealkylation sites (tertiary alicyclic amines) is 1. The molecule has 6 aromatic rings. The number of nitrogens with zero attached hydrogens (tertiary/aromatic N) is 3. The van der Waals surface area contributed by atoms with Crippen molar-refractivity contribution >= 4 is 22.6 Å². The minimum atomic E-state index is 0.149. The first-order valence-corrected chi connectivity index (χ1v) is 17.4. The Bertz CT molecular complexity index is 2020. The van der Waals surface area contributed by atoms with Crippen LogP contribution in [-0.2, 0) is 25.0 Å². The van der Waals surface area contributed by atoms with Crippen LogP contribution < -0.4 is 10.4 Å². The first-order valence-electron chi connectivity index (χ1n) is 17.0. The van der Waals surface area contributed by atoms with Crippen LogP contribution in [0.3, 0.4) is 0 Å². The van der Waals surface area contributed by atoms with Crippen LogP contribution in [0.25, 0.3) is 22.2 Å². The number of benzene rings is 5. The number of hydrogen-bond donors (Lipinski definition) is 1. The Kier molecular flexibility index (Phi) is 9.51. The molecular formula is C42H43ClN4O. The summed E-state index contributed by atoms with van der Waals surface area (Å²) in [6, 6.07) is 44.4. The summed E-state index contributed by atoms with van der Waals surface area (Å²) in [6.45, 7) is 7.54. The second-order valence-electron chi connectivity index (χ2n) is 13.3. The van der Waals surface area contributed by atoms with Crippen LogP contribution in [0.4, 0.5) is 0 Å². The van der Waals surface area contributed by atoms with Gasteiger partial charge >= 0.3 is 0 Å². The lowest BCUT2D eigenvalue weighted by Crippen LogP contribution is -2.40. The van der Waals surface area contributed by atoms with Gasteiger partial charge in [-0.05, 0) is 102 Å². The van der Waals surface area contributed by atoms with E-state index in [0.717, 1.165) is 67.2 Å². The fourth-order valence-electron chi connectivity index (χ4n) is 7.11. The minimum absolute atomic E-state index is 0.149. The van der Waals surface area contributed by atoms with E-state index in [1.165, 1.54) is 27.8 Å². The fraction of sp³-hybridized carbons (Fsp3) is 0.262. The van der Waals surface area contributed by atoms with Gasteiger partial charge in [-0.1, -0.05) is 110 Å². The predicted octanol–water partition coefficient (Wildman–Crippen LogP) is 9.31. The molecule has 5 nitrogen and oxygen atoms in total. The van der Waals surface area contributed by atoms with Gasteiger partial charge < -0.3 is 13.9 Å². The highest BCUT2D eigenvalue weighted by atomic mass is 35.5. The average molecular weight is 655 g/mol. The summed E-state index contributed by atoms with van der Waals surface area (Å²) in [4.78, 5) is 2.60. The first kappa shape index (κ1) is 32.0. The molecule has 0 bridgehead atoms. The summed E-state index contributed by atoms with van der Waals surface area (Å²) < 4.78 is 10.2. The van der Waals surface area contributed by atoms with Crippen molar-refractivity contribution in [1.82, 2.24) is 14.0 Å². The molecule has 0 saturated carbocycles. The van der Waals surface area contributed by atoms with E-state index in [9.17, 15) is 0 Å². The largest absolute Gasteiger partial charge is 0.494 e. The zero-order chi connectivity index (χ0) is 32.9. The van der Waals surface area contributed by atoms with Crippen molar-refractivity contribution in [3.63, 3.8) is 0 Å². The summed E-state index contributed by atoms with van der Waals surface area (Å²) in [7, 11) is 0. The topological polar surface area (TPSA) is 46.2 Å². The van der Waals surface area contributed by atoms with E-state index in [0.29, 0.717) is 18.8 Å². The third kappa shape index (κ3) is 6.99. The molecule has 0 atom stereocenters. The summed E-state index contributed by atoms with van der Waals surface area (Å²) >= 11 is 6.16.